The van der Waals surface area contributed by atoms with Crippen LogP contribution >= 0.6 is 0 Å². The molecule has 3 rings (SSSR count). The zero-order valence-corrected chi connectivity index (χ0v) is 14.5. The highest BCUT2D eigenvalue weighted by atomic mass is 16.2. The molecule has 0 radical (unpaired) electrons. The highest BCUT2D eigenvalue weighted by molar-refractivity contribution is 5.90. The Labute approximate surface area is 153 Å². The number of carbonyl (C=O) groups excluding carboxylic acids is 2. The van der Waals surface area contributed by atoms with Gasteiger partial charge in [-0.2, -0.15) is 0 Å². The molecule has 1 aliphatic rings. The first-order chi connectivity index (χ1) is 12.9. The van der Waals surface area contributed by atoms with Crippen molar-refractivity contribution in [2.45, 2.75) is 37.9 Å². The Morgan fingerprint density at radius 3 is 2.85 bits per heavy atom. The van der Waals surface area contributed by atoms with Crippen LogP contribution in [0.2, 0.25) is 0 Å². The number of likely N-dealkylation sites (tertiary alicyclic amines) is 1. The van der Waals surface area contributed by atoms with Crippen LogP contribution in [0, 0.1) is 0 Å². The summed E-state index contributed by atoms with van der Waals surface area (Å²) in [5.41, 5.74) is 5.83. The Morgan fingerprint density at radius 1 is 1.33 bits per heavy atom. The Bertz CT molecular complexity index is 889. The predicted octanol–water partition coefficient (Wildman–Crippen LogP) is -2.04. The Morgan fingerprint density at radius 2 is 2.15 bits per heavy atom. The first-order valence-electron chi connectivity index (χ1n) is 8.57. The summed E-state index contributed by atoms with van der Waals surface area (Å²) < 4.78 is 0. The van der Waals surface area contributed by atoms with Gasteiger partial charge in [0.2, 0.25) is 11.8 Å². The zero-order valence-electron chi connectivity index (χ0n) is 14.5. The minimum atomic E-state index is -0.775. The first kappa shape index (κ1) is 18.6. The maximum Gasteiger partial charge on any atom is 0.325 e. The molecule has 2 amide bonds. The van der Waals surface area contributed by atoms with Gasteiger partial charge in [0.1, 0.15) is 6.04 Å². The number of hydrogen-bond donors (Lipinski definition) is 5. The van der Waals surface area contributed by atoms with Gasteiger partial charge in [0.05, 0.1) is 18.9 Å². The van der Waals surface area contributed by atoms with E-state index in [1.165, 1.54) is 17.3 Å². The zero-order chi connectivity index (χ0) is 19.4. The number of amides is 2. The fourth-order valence-electron chi connectivity index (χ4n) is 3.15. The molecule has 0 aliphatic carbocycles. The van der Waals surface area contributed by atoms with E-state index in [0.717, 1.165) is 5.69 Å². The molecule has 0 spiro atoms. The molecular weight excluding hydrogens is 354 g/mol. The summed E-state index contributed by atoms with van der Waals surface area (Å²) in [6.45, 7) is 0.437. The molecule has 6 N–H and O–H groups in total. The fraction of sp³-hybridized carbons (Fsp3) is 0.438. The van der Waals surface area contributed by atoms with Crippen LogP contribution in [0.25, 0.3) is 0 Å². The molecule has 0 bridgehead atoms. The number of nitrogens with zero attached hydrogens (tertiary/aromatic N) is 2. The van der Waals surface area contributed by atoms with E-state index >= 15 is 0 Å². The molecule has 0 aromatic carbocycles. The van der Waals surface area contributed by atoms with Gasteiger partial charge in [-0.3, -0.25) is 19.4 Å². The molecule has 1 fully saturated rings. The molecule has 0 saturated carbocycles. The third-order valence-electron chi connectivity index (χ3n) is 4.42. The first-order valence-corrected chi connectivity index (χ1v) is 8.57. The molecule has 144 valence electrons. The Kier molecular flexibility index (Phi) is 5.50. The molecule has 11 heteroatoms. The lowest BCUT2D eigenvalue weighted by atomic mass is 10.1. The van der Waals surface area contributed by atoms with Crippen LogP contribution in [-0.4, -0.2) is 55.3 Å². The van der Waals surface area contributed by atoms with E-state index in [4.69, 9.17) is 5.73 Å². The van der Waals surface area contributed by atoms with Gasteiger partial charge in [-0.25, -0.2) is 9.78 Å². The maximum atomic E-state index is 12.6. The third-order valence-corrected chi connectivity index (χ3v) is 4.42. The summed E-state index contributed by atoms with van der Waals surface area (Å²) in [5.74, 6) is -0.650. The van der Waals surface area contributed by atoms with Gasteiger partial charge < -0.3 is 25.9 Å². The van der Waals surface area contributed by atoms with Crippen molar-refractivity contribution in [3.63, 3.8) is 0 Å². The molecule has 2 unspecified atom stereocenters. The summed E-state index contributed by atoms with van der Waals surface area (Å²) in [6.07, 6.45) is 4.64. The number of H-pyrrole nitrogens is 3. The van der Waals surface area contributed by atoms with Gasteiger partial charge in [-0.1, -0.05) is 0 Å². The number of nitrogens with two attached hydrogens (primary N) is 1. The van der Waals surface area contributed by atoms with Crippen molar-refractivity contribution in [2.24, 2.45) is 5.73 Å². The maximum absolute atomic E-state index is 12.6. The van der Waals surface area contributed by atoms with E-state index in [9.17, 15) is 19.2 Å². The van der Waals surface area contributed by atoms with Crippen molar-refractivity contribution in [1.82, 2.24) is 30.2 Å². The highest BCUT2D eigenvalue weighted by Gasteiger charge is 2.36. The highest BCUT2D eigenvalue weighted by Crippen LogP contribution is 2.19. The van der Waals surface area contributed by atoms with Gasteiger partial charge in [0, 0.05) is 36.6 Å². The van der Waals surface area contributed by atoms with Crippen molar-refractivity contribution in [3.05, 3.63) is 50.8 Å². The number of aromatic nitrogens is 4. The molecule has 2 atom stereocenters. The summed E-state index contributed by atoms with van der Waals surface area (Å²) in [5, 5.41) is 2.65. The second kappa shape index (κ2) is 7.99. The van der Waals surface area contributed by atoms with E-state index < -0.39 is 23.3 Å². The number of nitrogens with one attached hydrogen (secondary N) is 4. The van der Waals surface area contributed by atoms with Crippen molar-refractivity contribution in [1.29, 1.82) is 0 Å². The summed E-state index contributed by atoms with van der Waals surface area (Å²) in [6, 6.07) is -0.207. The average Bonchev–Trinajstić information content (AvgIpc) is 3.29. The summed E-state index contributed by atoms with van der Waals surface area (Å²) in [4.78, 5) is 60.5. The summed E-state index contributed by atoms with van der Waals surface area (Å²) in [7, 11) is 0. The monoisotopic (exact) mass is 375 g/mol. The largest absolute Gasteiger partial charge is 0.349 e. The van der Waals surface area contributed by atoms with Crippen LogP contribution in [0.3, 0.4) is 0 Å². The Hall–Kier alpha value is -3.21. The van der Waals surface area contributed by atoms with E-state index in [-0.39, 0.29) is 24.1 Å². The van der Waals surface area contributed by atoms with Crippen LogP contribution in [0.4, 0.5) is 0 Å². The molecule has 27 heavy (non-hydrogen) atoms. The van der Waals surface area contributed by atoms with Gasteiger partial charge >= 0.3 is 5.69 Å². The van der Waals surface area contributed by atoms with E-state index in [2.05, 4.69) is 25.3 Å². The van der Waals surface area contributed by atoms with E-state index in [1.54, 1.807) is 6.20 Å². The minimum absolute atomic E-state index is 0.0171. The van der Waals surface area contributed by atoms with Gasteiger partial charge in [0.25, 0.3) is 5.56 Å². The standard InChI is InChI=1S/C16H21N7O4/c17-11(4-9-6-18-8-20-9)15(26)23-3-1-2-12(23)14(25)19-7-10-5-13(24)22-16(27)21-10/h5-6,8,11-12H,1-4,7,17H2,(H,18,20)(H,19,25)(H2,21,22,24,27). The normalized spacial score (nSPS) is 17.7. The quantitative estimate of drug-likeness (QED) is 0.389. The van der Waals surface area contributed by atoms with Gasteiger partial charge in [0.15, 0.2) is 0 Å². The SMILES string of the molecule is NC(Cc1cnc[nH]1)C(=O)N1CCCC1C(=O)NCc1cc(=O)[nH]c(=O)[nH]1. The fourth-order valence-corrected chi connectivity index (χ4v) is 3.15. The molecule has 3 heterocycles. The average molecular weight is 375 g/mol. The molecule has 2 aromatic heterocycles. The number of hydrogen-bond acceptors (Lipinski definition) is 6. The molecular formula is C16H21N7O4. The van der Waals surface area contributed by atoms with Crippen LogP contribution in [0.15, 0.2) is 28.2 Å². The third kappa shape index (κ3) is 4.50. The number of carbonyl (C=O) groups is 2. The minimum Gasteiger partial charge on any atom is -0.349 e. The van der Waals surface area contributed by atoms with Crippen LogP contribution in [0.5, 0.6) is 0 Å². The number of imidazole rings is 1. The molecule has 11 nitrogen and oxygen atoms in total. The summed E-state index contributed by atoms with van der Waals surface area (Å²) >= 11 is 0. The van der Waals surface area contributed by atoms with Crippen molar-refractivity contribution >= 4 is 11.8 Å². The van der Waals surface area contributed by atoms with Crippen molar-refractivity contribution < 1.29 is 9.59 Å². The van der Waals surface area contributed by atoms with Gasteiger partial charge in [-0.05, 0) is 12.8 Å². The van der Waals surface area contributed by atoms with Crippen LogP contribution in [-0.2, 0) is 22.6 Å². The number of aromatic amines is 3. The Balaban J connectivity index is 1.60. The second-order valence-electron chi connectivity index (χ2n) is 6.41. The van der Waals surface area contributed by atoms with Crippen LogP contribution < -0.4 is 22.3 Å². The van der Waals surface area contributed by atoms with Crippen molar-refractivity contribution in [2.75, 3.05) is 6.54 Å². The molecule has 2 aromatic rings. The van der Waals surface area contributed by atoms with Crippen LogP contribution in [0.1, 0.15) is 24.2 Å². The second-order valence-corrected chi connectivity index (χ2v) is 6.41. The van der Waals surface area contributed by atoms with E-state index in [0.29, 0.717) is 25.8 Å². The smallest absolute Gasteiger partial charge is 0.325 e. The lowest BCUT2D eigenvalue weighted by Crippen LogP contribution is -2.51. The topological polar surface area (TPSA) is 170 Å². The van der Waals surface area contributed by atoms with Gasteiger partial charge in [-0.15, -0.1) is 0 Å². The van der Waals surface area contributed by atoms with E-state index in [1.807, 2.05) is 0 Å². The number of rotatable bonds is 6. The predicted molar refractivity (Wildman–Crippen MR) is 94.5 cm³/mol. The molecule has 1 saturated heterocycles. The lowest BCUT2D eigenvalue weighted by Gasteiger charge is -2.26. The van der Waals surface area contributed by atoms with Crippen molar-refractivity contribution in [3.8, 4) is 0 Å². The lowest BCUT2D eigenvalue weighted by molar-refractivity contribution is -0.139. The molecule has 1 aliphatic heterocycles.